The topological polar surface area (TPSA) is 430 Å². The van der Waals surface area contributed by atoms with Gasteiger partial charge in [-0.25, -0.2) is 0 Å². The Bertz CT molecular complexity index is 1940. The maximum Gasteiger partial charge on any atom is 0.245 e. The zero-order chi connectivity index (χ0) is 52.7. The summed E-state index contributed by atoms with van der Waals surface area (Å²) in [5.41, 5.74) is 18.1. The van der Waals surface area contributed by atoms with E-state index in [0.29, 0.717) is 5.56 Å². The van der Waals surface area contributed by atoms with Crippen LogP contribution in [-0.4, -0.2) is 174 Å². The second-order valence-electron chi connectivity index (χ2n) is 17.4. The molecule has 392 valence electrons. The number of hydrogen-bond donors (Lipinski definition) is 16. The molecule has 26 heteroatoms. The van der Waals surface area contributed by atoms with Gasteiger partial charge in [0.05, 0.1) is 18.8 Å². The molecule has 26 nitrogen and oxygen atoms in total. The van der Waals surface area contributed by atoms with E-state index in [9.17, 15) is 63.3 Å². The Balaban J connectivity index is 2.73. The molecule has 0 bridgehead atoms. The first kappa shape index (κ1) is 59.8. The number of nitrogens with one attached hydrogen (secondary N) is 10. The number of benzene rings is 1. The van der Waals surface area contributed by atoms with Crippen molar-refractivity contribution >= 4 is 59.1 Å². The molecule has 10 amide bonds. The van der Waals surface area contributed by atoms with Crippen LogP contribution in [0.2, 0.25) is 0 Å². The van der Waals surface area contributed by atoms with Crippen LogP contribution in [0.4, 0.5) is 0 Å². The van der Waals surface area contributed by atoms with Crippen molar-refractivity contribution in [2.75, 3.05) is 32.8 Å². The molecular formula is C44H73N13O13. The minimum atomic E-state index is -1.78. The SMILES string of the molecule is CC(=O)N[C@H](C(=O)N[C@H](CO)C(=O)NC1CCNC(=O)[C@H]([C@@H](C)O)NC(=O)C(CCN)NC(=O)[C@H](CCN)NC(=O)[C@H](CC(C)C)NC(=O)[C@@H](Cc2ccccc2)NC(=O)[C@H](CCN)NC1=O)[C@@H](C)O. The lowest BCUT2D eigenvalue weighted by atomic mass is 10.00. The Kier molecular flexibility index (Phi) is 25.9. The highest BCUT2D eigenvalue weighted by atomic mass is 16.3. The molecule has 1 saturated heterocycles. The second-order valence-corrected chi connectivity index (χ2v) is 17.4. The van der Waals surface area contributed by atoms with Crippen LogP contribution in [-0.2, 0) is 54.4 Å². The predicted molar refractivity (Wildman–Crippen MR) is 252 cm³/mol. The van der Waals surface area contributed by atoms with Gasteiger partial charge in [0.15, 0.2) is 0 Å². The van der Waals surface area contributed by atoms with Crippen LogP contribution in [0, 0.1) is 5.92 Å². The molecule has 2 rings (SSSR count). The standard InChI is InChI=1S/C44H73N13O13/c1-22(2)19-31-40(66)52-27(11-15-45)36(62)51-29(13-17-47)39(65)57-34(23(3)59)43(69)48-18-14-30(53-42(68)33(21-58)56-44(70)35(24(4)60)49-25(5)61)38(64)50-28(12-16-46)37(63)55-32(41(67)54-31)20-26-9-7-6-8-10-26/h6-10,22-24,27-35,58-60H,11-21,45-47H2,1-5H3,(H,48,69)(H,49,61)(H,50,64)(H,51,62)(H,52,66)(H,53,68)(H,54,67)(H,55,63)(H,56,70)(H,57,65)/t23-,24-,27+,28+,29?,30?,31+,32-,33-,34+,35+/m1/s1. The van der Waals surface area contributed by atoms with Crippen LogP contribution in [0.1, 0.15) is 72.3 Å². The molecule has 1 aliphatic rings. The van der Waals surface area contributed by atoms with Gasteiger partial charge in [-0.15, -0.1) is 0 Å². The minimum Gasteiger partial charge on any atom is -0.394 e. The fraction of sp³-hybridized carbons (Fsp3) is 0.636. The van der Waals surface area contributed by atoms with Gasteiger partial charge in [0, 0.05) is 19.9 Å². The van der Waals surface area contributed by atoms with Gasteiger partial charge in [-0.05, 0) is 77.1 Å². The third-order valence-electron chi connectivity index (χ3n) is 10.9. The Morgan fingerprint density at radius 1 is 0.643 bits per heavy atom. The molecule has 1 aromatic carbocycles. The highest BCUT2D eigenvalue weighted by Crippen LogP contribution is 2.11. The molecule has 70 heavy (non-hydrogen) atoms. The molecule has 0 radical (unpaired) electrons. The molecule has 2 unspecified atom stereocenters. The average molecular weight is 992 g/mol. The largest absolute Gasteiger partial charge is 0.394 e. The molecule has 19 N–H and O–H groups in total. The second kappa shape index (κ2) is 30.3. The number of carbonyl (C=O) groups excluding carboxylic acids is 10. The van der Waals surface area contributed by atoms with Crippen molar-refractivity contribution in [1.82, 2.24) is 53.2 Å². The maximum atomic E-state index is 14.2. The minimum absolute atomic E-state index is 0.0533. The van der Waals surface area contributed by atoms with Crippen LogP contribution in [0.25, 0.3) is 0 Å². The van der Waals surface area contributed by atoms with E-state index in [2.05, 4.69) is 53.2 Å². The predicted octanol–water partition coefficient (Wildman–Crippen LogP) is -7.02. The summed E-state index contributed by atoms with van der Waals surface area (Å²) in [7, 11) is 0. The summed E-state index contributed by atoms with van der Waals surface area (Å²) in [6.07, 6.45) is -4.04. The number of aliphatic hydroxyl groups is 3. The quantitative estimate of drug-likeness (QED) is 0.0650. The van der Waals surface area contributed by atoms with Gasteiger partial charge in [0.1, 0.15) is 54.4 Å². The summed E-state index contributed by atoms with van der Waals surface area (Å²) in [5.74, 6) is -9.53. The molecule has 0 saturated carbocycles. The molecular weight excluding hydrogens is 919 g/mol. The van der Waals surface area contributed by atoms with E-state index in [1.54, 1.807) is 44.2 Å². The van der Waals surface area contributed by atoms with Crippen LogP contribution >= 0.6 is 0 Å². The highest BCUT2D eigenvalue weighted by Gasteiger charge is 2.36. The average Bonchev–Trinajstić information content (AvgIpc) is 3.29. The zero-order valence-corrected chi connectivity index (χ0v) is 40.2. The number of aliphatic hydroxyl groups excluding tert-OH is 3. The summed E-state index contributed by atoms with van der Waals surface area (Å²) in [4.78, 5) is 136. The van der Waals surface area contributed by atoms with Crippen LogP contribution in [0.3, 0.4) is 0 Å². The molecule has 0 spiro atoms. The first-order valence-electron chi connectivity index (χ1n) is 23.2. The summed E-state index contributed by atoms with van der Waals surface area (Å²) < 4.78 is 0. The van der Waals surface area contributed by atoms with Gasteiger partial charge in [0.25, 0.3) is 0 Å². The van der Waals surface area contributed by atoms with Crippen molar-refractivity contribution < 1.29 is 63.3 Å². The lowest BCUT2D eigenvalue weighted by molar-refractivity contribution is -0.136. The molecule has 1 aromatic rings. The Morgan fingerprint density at radius 3 is 1.59 bits per heavy atom. The first-order chi connectivity index (χ1) is 33.1. The molecule has 1 fully saturated rings. The third-order valence-corrected chi connectivity index (χ3v) is 10.9. The smallest absolute Gasteiger partial charge is 0.245 e. The molecule has 1 heterocycles. The van der Waals surface area contributed by atoms with E-state index in [-0.39, 0.29) is 57.7 Å². The Morgan fingerprint density at radius 2 is 1.11 bits per heavy atom. The molecule has 0 aliphatic carbocycles. The van der Waals surface area contributed by atoms with E-state index in [1.807, 2.05) is 0 Å². The van der Waals surface area contributed by atoms with Gasteiger partial charge >= 0.3 is 0 Å². The van der Waals surface area contributed by atoms with Crippen molar-refractivity contribution in [3.05, 3.63) is 35.9 Å². The van der Waals surface area contributed by atoms with Gasteiger partial charge in [-0.3, -0.25) is 47.9 Å². The molecule has 1 aliphatic heterocycles. The van der Waals surface area contributed by atoms with Gasteiger partial charge in [-0.2, -0.15) is 0 Å². The monoisotopic (exact) mass is 992 g/mol. The number of hydrogen-bond acceptors (Lipinski definition) is 16. The van der Waals surface area contributed by atoms with Crippen molar-refractivity contribution in [2.24, 2.45) is 23.1 Å². The maximum absolute atomic E-state index is 14.2. The first-order valence-corrected chi connectivity index (χ1v) is 23.2. The Labute approximate surface area is 406 Å². The Hall–Kier alpha value is -6.32. The number of carbonyl (C=O) groups is 10. The van der Waals surface area contributed by atoms with E-state index < -0.39 is 145 Å². The number of amides is 10. The third kappa shape index (κ3) is 20.0. The lowest BCUT2D eigenvalue weighted by Gasteiger charge is -2.28. The van der Waals surface area contributed by atoms with Crippen molar-refractivity contribution in [3.8, 4) is 0 Å². The molecule has 11 atom stereocenters. The summed E-state index contributed by atoms with van der Waals surface area (Å²) in [6.45, 7) is 5.08. The normalized spacial score (nSPS) is 24.4. The van der Waals surface area contributed by atoms with Crippen LogP contribution in [0.5, 0.6) is 0 Å². The summed E-state index contributed by atoms with van der Waals surface area (Å²) in [6, 6.07) is -5.08. The van der Waals surface area contributed by atoms with Crippen LogP contribution < -0.4 is 70.4 Å². The van der Waals surface area contributed by atoms with E-state index in [4.69, 9.17) is 17.2 Å². The summed E-state index contributed by atoms with van der Waals surface area (Å²) >= 11 is 0. The van der Waals surface area contributed by atoms with Gasteiger partial charge < -0.3 is 85.7 Å². The highest BCUT2D eigenvalue weighted by molar-refractivity contribution is 5.98. The lowest BCUT2D eigenvalue weighted by Crippen LogP contribution is -2.61. The van der Waals surface area contributed by atoms with E-state index >= 15 is 0 Å². The van der Waals surface area contributed by atoms with Crippen molar-refractivity contribution in [1.29, 1.82) is 0 Å². The van der Waals surface area contributed by atoms with Crippen LogP contribution in [0.15, 0.2) is 30.3 Å². The van der Waals surface area contributed by atoms with Gasteiger partial charge in [-0.1, -0.05) is 44.2 Å². The summed E-state index contributed by atoms with van der Waals surface area (Å²) in [5, 5.41) is 55.4. The van der Waals surface area contributed by atoms with Crippen molar-refractivity contribution in [2.45, 2.75) is 140 Å². The fourth-order valence-corrected chi connectivity index (χ4v) is 7.16. The van der Waals surface area contributed by atoms with E-state index in [0.717, 1.165) is 6.92 Å². The fourth-order valence-electron chi connectivity index (χ4n) is 7.16. The van der Waals surface area contributed by atoms with E-state index in [1.165, 1.54) is 13.8 Å². The molecule has 0 aromatic heterocycles. The number of nitrogens with two attached hydrogens (primary N) is 3. The number of rotatable bonds is 18. The van der Waals surface area contributed by atoms with Crippen molar-refractivity contribution in [3.63, 3.8) is 0 Å². The van der Waals surface area contributed by atoms with Gasteiger partial charge in [0.2, 0.25) is 59.1 Å². The zero-order valence-electron chi connectivity index (χ0n) is 40.2.